The number of carbonyl (C=O) groups is 1. The van der Waals surface area contributed by atoms with Crippen LogP contribution in [0.5, 0.6) is 0 Å². The van der Waals surface area contributed by atoms with Gasteiger partial charge in [-0.25, -0.2) is 12.8 Å². The molecule has 1 aromatic rings. The Bertz CT molecular complexity index is 600. The third kappa shape index (κ3) is 3.36. The van der Waals surface area contributed by atoms with Crippen molar-refractivity contribution < 1.29 is 17.6 Å². The van der Waals surface area contributed by atoms with E-state index in [0.29, 0.717) is 6.54 Å². The molecule has 1 aliphatic heterocycles. The molecular formula is C14H18FNO3S. The molecule has 0 radical (unpaired) electrons. The van der Waals surface area contributed by atoms with Gasteiger partial charge in [-0.2, -0.15) is 0 Å². The molecule has 0 aliphatic carbocycles. The van der Waals surface area contributed by atoms with Gasteiger partial charge in [-0.15, -0.1) is 0 Å². The number of benzene rings is 1. The highest BCUT2D eigenvalue weighted by Gasteiger charge is 2.31. The summed E-state index contributed by atoms with van der Waals surface area (Å²) in [6.45, 7) is 2.05. The quantitative estimate of drug-likeness (QED) is 0.853. The lowest BCUT2D eigenvalue weighted by molar-refractivity contribution is -0.129. The first-order valence-electron chi connectivity index (χ1n) is 6.68. The molecule has 4 nitrogen and oxygen atoms in total. The molecule has 1 heterocycles. The van der Waals surface area contributed by atoms with Crippen molar-refractivity contribution in [1.29, 1.82) is 0 Å². The highest BCUT2D eigenvalue weighted by Crippen LogP contribution is 2.32. The van der Waals surface area contributed by atoms with Crippen molar-refractivity contribution in [1.82, 2.24) is 4.90 Å². The Kier molecular flexibility index (Phi) is 4.42. The van der Waals surface area contributed by atoms with Crippen molar-refractivity contribution in [3.63, 3.8) is 0 Å². The Labute approximate surface area is 118 Å². The predicted molar refractivity (Wildman–Crippen MR) is 74.4 cm³/mol. The molecule has 1 amide bonds. The summed E-state index contributed by atoms with van der Waals surface area (Å²) in [5.74, 6) is -1.24. The van der Waals surface area contributed by atoms with E-state index in [2.05, 4.69) is 0 Å². The van der Waals surface area contributed by atoms with Gasteiger partial charge in [-0.3, -0.25) is 4.79 Å². The van der Waals surface area contributed by atoms with Gasteiger partial charge in [-0.05, 0) is 30.5 Å². The summed E-state index contributed by atoms with van der Waals surface area (Å²) in [6.07, 6.45) is 1.54. The SMILES string of the molecule is CCS(=O)(=O)CC(=O)N1CCCC1c1cccc(F)c1. The zero-order valence-electron chi connectivity index (χ0n) is 11.4. The Balaban J connectivity index is 2.17. The number of hydrogen-bond donors (Lipinski definition) is 0. The molecule has 1 aliphatic rings. The molecule has 0 aromatic heterocycles. The second-order valence-electron chi connectivity index (χ2n) is 4.98. The van der Waals surface area contributed by atoms with E-state index in [-0.39, 0.29) is 17.6 Å². The van der Waals surface area contributed by atoms with Crippen LogP contribution in [0.3, 0.4) is 0 Å². The van der Waals surface area contributed by atoms with Gasteiger partial charge in [0.25, 0.3) is 0 Å². The van der Waals surface area contributed by atoms with E-state index in [4.69, 9.17) is 0 Å². The molecule has 0 N–H and O–H groups in total. The van der Waals surface area contributed by atoms with Crippen molar-refractivity contribution in [2.24, 2.45) is 0 Å². The molecular weight excluding hydrogens is 281 g/mol. The van der Waals surface area contributed by atoms with E-state index >= 15 is 0 Å². The van der Waals surface area contributed by atoms with Crippen LogP contribution in [0.25, 0.3) is 0 Å². The first kappa shape index (κ1) is 15.0. The van der Waals surface area contributed by atoms with Crippen LogP contribution in [-0.2, 0) is 14.6 Å². The van der Waals surface area contributed by atoms with E-state index in [9.17, 15) is 17.6 Å². The lowest BCUT2D eigenvalue weighted by Gasteiger charge is -2.25. The highest BCUT2D eigenvalue weighted by molar-refractivity contribution is 7.92. The molecule has 20 heavy (non-hydrogen) atoms. The fraction of sp³-hybridized carbons (Fsp3) is 0.500. The lowest BCUT2D eigenvalue weighted by Crippen LogP contribution is -2.35. The molecule has 1 fully saturated rings. The molecule has 0 saturated carbocycles. The number of likely N-dealkylation sites (tertiary alicyclic amines) is 1. The minimum absolute atomic E-state index is 0.0444. The second kappa shape index (κ2) is 5.91. The van der Waals surface area contributed by atoms with Crippen molar-refractivity contribution in [2.45, 2.75) is 25.8 Å². The van der Waals surface area contributed by atoms with E-state index in [1.165, 1.54) is 19.1 Å². The standard InChI is InChI=1S/C14H18FNO3S/c1-2-20(18,19)10-14(17)16-8-4-7-13(16)11-5-3-6-12(15)9-11/h3,5-6,9,13H,2,4,7-8,10H2,1H3. The highest BCUT2D eigenvalue weighted by atomic mass is 32.2. The molecule has 0 bridgehead atoms. The molecule has 1 saturated heterocycles. The fourth-order valence-electron chi connectivity index (χ4n) is 2.50. The number of carbonyl (C=O) groups excluding carboxylic acids is 1. The summed E-state index contributed by atoms with van der Waals surface area (Å²) in [6, 6.07) is 5.92. The first-order valence-corrected chi connectivity index (χ1v) is 8.50. The molecule has 0 spiro atoms. The van der Waals surface area contributed by atoms with E-state index < -0.39 is 21.5 Å². The summed E-state index contributed by atoms with van der Waals surface area (Å²) >= 11 is 0. The van der Waals surface area contributed by atoms with Crippen LogP contribution in [0, 0.1) is 5.82 Å². The summed E-state index contributed by atoms with van der Waals surface area (Å²) in [5.41, 5.74) is 0.727. The van der Waals surface area contributed by atoms with Gasteiger partial charge < -0.3 is 4.90 Å². The zero-order valence-corrected chi connectivity index (χ0v) is 12.2. The normalized spacial score (nSPS) is 19.3. The van der Waals surface area contributed by atoms with Gasteiger partial charge in [-0.1, -0.05) is 19.1 Å². The minimum Gasteiger partial charge on any atom is -0.335 e. The van der Waals surface area contributed by atoms with E-state index in [1.54, 1.807) is 17.0 Å². The summed E-state index contributed by atoms with van der Waals surface area (Å²) < 4.78 is 36.4. The second-order valence-corrected chi connectivity index (χ2v) is 7.33. The number of sulfone groups is 1. The number of nitrogens with zero attached hydrogens (tertiary/aromatic N) is 1. The monoisotopic (exact) mass is 299 g/mol. The maximum Gasteiger partial charge on any atom is 0.238 e. The Morgan fingerprint density at radius 2 is 2.20 bits per heavy atom. The Hall–Kier alpha value is -1.43. The van der Waals surface area contributed by atoms with Crippen molar-refractivity contribution in [2.75, 3.05) is 18.1 Å². The van der Waals surface area contributed by atoms with Crippen LogP contribution in [-0.4, -0.2) is 37.3 Å². The van der Waals surface area contributed by atoms with Gasteiger partial charge in [0.15, 0.2) is 9.84 Å². The van der Waals surface area contributed by atoms with Crippen molar-refractivity contribution in [3.05, 3.63) is 35.6 Å². The predicted octanol–water partition coefficient (Wildman–Crippen LogP) is 1.92. The molecule has 2 rings (SSSR count). The third-order valence-corrected chi connectivity index (χ3v) is 5.16. The van der Waals surface area contributed by atoms with Gasteiger partial charge >= 0.3 is 0 Å². The largest absolute Gasteiger partial charge is 0.335 e. The van der Waals surface area contributed by atoms with E-state index in [0.717, 1.165) is 18.4 Å². The molecule has 110 valence electrons. The molecule has 1 atom stereocenters. The van der Waals surface area contributed by atoms with E-state index in [1.807, 2.05) is 0 Å². The van der Waals surface area contributed by atoms with Crippen LogP contribution in [0.2, 0.25) is 0 Å². The zero-order chi connectivity index (χ0) is 14.8. The van der Waals surface area contributed by atoms with Gasteiger partial charge in [0.05, 0.1) is 6.04 Å². The minimum atomic E-state index is -3.34. The van der Waals surface area contributed by atoms with Crippen LogP contribution < -0.4 is 0 Å². The number of hydrogen-bond acceptors (Lipinski definition) is 3. The maximum absolute atomic E-state index is 13.3. The number of amides is 1. The average Bonchev–Trinajstić information content (AvgIpc) is 2.87. The maximum atomic E-state index is 13.3. The third-order valence-electron chi connectivity index (χ3n) is 3.59. The summed E-state index contributed by atoms with van der Waals surface area (Å²) in [4.78, 5) is 13.7. The molecule has 1 aromatic carbocycles. The summed E-state index contributed by atoms with van der Waals surface area (Å²) in [5, 5.41) is 0. The molecule has 6 heteroatoms. The smallest absolute Gasteiger partial charge is 0.238 e. The topological polar surface area (TPSA) is 54.5 Å². The van der Waals surface area contributed by atoms with Crippen molar-refractivity contribution >= 4 is 15.7 Å². The first-order chi connectivity index (χ1) is 9.43. The van der Waals surface area contributed by atoms with Gasteiger partial charge in [0.2, 0.25) is 5.91 Å². The van der Waals surface area contributed by atoms with Crippen LogP contribution in [0.1, 0.15) is 31.4 Å². The van der Waals surface area contributed by atoms with Gasteiger partial charge in [0.1, 0.15) is 11.6 Å². The molecule has 1 unspecified atom stereocenters. The van der Waals surface area contributed by atoms with Gasteiger partial charge in [0, 0.05) is 12.3 Å². The summed E-state index contributed by atoms with van der Waals surface area (Å²) in [7, 11) is -3.34. The van der Waals surface area contributed by atoms with Crippen LogP contribution in [0.15, 0.2) is 24.3 Å². The fourth-order valence-corrected chi connectivity index (χ4v) is 3.24. The number of halogens is 1. The average molecular weight is 299 g/mol. The Morgan fingerprint density at radius 1 is 1.45 bits per heavy atom. The van der Waals surface area contributed by atoms with Crippen molar-refractivity contribution in [3.8, 4) is 0 Å². The van der Waals surface area contributed by atoms with Crippen LogP contribution in [0.4, 0.5) is 4.39 Å². The van der Waals surface area contributed by atoms with Crippen LogP contribution >= 0.6 is 0 Å². The number of rotatable bonds is 4. The Morgan fingerprint density at radius 3 is 2.85 bits per heavy atom. The lowest BCUT2D eigenvalue weighted by atomic mass is 10.0.